The van der Waals surface area contributed by atoms with E-state index in [0.29, 0.717) is 19.3 Å². The van der Waals surface area contributed by atoms with Crippen LogP contribution in [0.5, 0.6) is 0 Å². The molecule has 0 N–H and O–H groups in total. The summed E-state index contributed by atoms with van der Waals surface area (Å²) in [7, 11) is 0. The summed E-state index contributed by atoms with van der Waals surface area (Å²) in [4.78, 5) is 38.0. The molecule has 0 aliphatic carbocycles. The van der Waals surface area contributed by atoms with Gasteiger partial charge < -0.3 is 14.2 Å². The van der Waals surface area contributed by atoms with Crippen LogP contribution in [0.4, 0.5) is 0 Å². The molecule has 0 rings (SSSR count). The van der Waals surface area contributed by atoms with Crippen LogP contribution in [0.15, 0.2) is 36.5 Å². The van der Waals surface area contributed by atoms with Crippen molar-refractivity contribution in [2.75, 3.05) is 13.2 Å². The summed E-state index contributed by atoms with van der Waals surface area (Å²) in [6.07, 6.45) is 79.3. The number of esters is 3. The third kappa shape index (κ3) is 62.4. The normalized spacial score (nSPS) is 12.2. The Bertz CT molecular complexity index is 1250. The first-order valence-corrected chi connectivity index (χ1v) is 33.5. The van der Waals surface area contributed by atoms with Crippen LogP contribution in [0.25, 0.3) is 0 Å². The highest BCUT2D eigenvalue weighted by Crippen LogP contribution is 2.19. The van der Waals surface area contributed by atoms with Gasteiger partial charge in [-0.05, 0) is 51.4 Å². The topological polar surface area (TPSA) is 78.9 Å². The Labute approximate surface area is 467 Å². The Hall–Kier alpha value is -2.37. The lowest BCUT2D eigenvalue weighted by molar-refractivity contribution is -0.167. The van der Waals surface area contributed by atoms with E-state index < -0.39 is 6.10 Å². The van der Waals surface area contributed by atoms with Gasteiger partial charge >= 0.3 is 17.9 Å². The molecule has 1 unspecified atom stereocenters. The quantitative estimate of drug-likeness (QED) is 0.0261. The SMILES string of the molecule is CC/C=C\C/C=C\C/C=C\CCCCCC(=O)OC(COC(=O)CCCCCCCCCCC)COC(=O)CCCCCCCCCCCCCCCCCCCCCCCCCCCCCCCCCCCCC. The Morgan fingerprint density at radius 2 is 0.520 bits per heavy atom. The van der Waals surface area contributed by atoms with Crippen molar-refractivity contribution in [3.63, 3.8) is 0 Å². The fourth-order valence-electron chi connectivity index (χ4n) is 10.2. The van der Waals surface area contributed by atoms with Crippen LogP contribution < -0.4 is 0 Å². The maximum Gasteiger partial charge on any atom is 0.306 e. The van der Waals surface area contributed by atoms with Gasteiger partial charge in [-0.15, -0.1) is 0 Å². The molecule has 0 saturated carbocycles. The number of carbonyl (C=O) groups is 3. The Morgan fingerprint density at radius 1 is 0.280 bits per heavy atom. The van der Waals surface area contributed by atoms with Gasteiger partial charge in [0.05, 0.1) is 0 Å². The van der Waals surface area contributed by atoms with Crippen LogP contribution in [-0.4, -0.2) is 37.2 Å². The van der Waals surface area contributed by atoms with E-state index >= 15 is 0 Å². The first-order valence-electron chi connectivity index (χ1n) is 33.5. The molecule has 0 fully saturated rings. The number of ether oxygens (including phenoxy) is 3. The second-order valence-electron chi connectivity index (χ2n) is 22.7. The minimum atomic E-state index is -0.783. The summed E-state index contributed by atoms with van der Waals surface area (Å²) < 4.78 is 16.8. The van der Waals surface area contributed by atoms with Crippen LogP contribution in [0.1, 0.15) is 367 Å². The second-order valence-corrected chi connectivity index (χ2v) is 22.7. The maximum atomic E-state index is 12.8. The van der Waals surface area contributed by atoms with Crippen molar-refractivity contribution in [2.24, 2.45) is 0 Å². The molecule has 0 aliphatic heterocycles. The summed E-state index contributed by atoms with van der Waals surface area (Å²) in [5.74, 6) is -0.894. The van der Waals surface area contributed by atoms with Crippen LogP contribution in [0.2, 0.25) is 0 Å². The summed E-state index contributed by atoms with van der Waals surface area (Å²) in [5.41, 5.74) is 0. The van der Waals surface area contributed by atoms with E-state index in [2.05, 4.69) is 57.2 Å². The fraction of sp³-hybridized carbons (Fsp3) is 0.870. The predicted molar refractivity (Wildman–Crippen MR) is 326 cm³/mol. The molecule has 0 bridgehead atoms. The van der Waals surface area contributed by atoms with E-state index in [1.54, 1.807) is 0 Å². The molecular formula is C69H128O6. The lowest BCUT2D eigenvalue weighted by Gasteiger charge is -2.18. The predicted octanol–water partition coefficient (Wildman–Crippen LogP) is 22.8. The first kappa shape index (κ1) is 72.6. The molecule has 0 aromatic heterocycles. The smallest absolute Gasteiger partial charge is 0.306 e. The highest BCUT2D eigenvalue weighted by atomic mass is 16.6. The summed E-state index contributed by atoms with van der Waals surface area (Å²) in [5, 5.41) is 0. The molecule has 0 radical (unpaired) electrons. The zero-order chi connectivity index (χ0) is 54.3. The van der Waals surface area contributed by atoms with Gasteiger partial charge in [-0.3, -0.25) is 14.4 Å². The average molecular weight is 1050 g/mol. The zero-order valence-electron chi connectivity index (χ0n) is 50.6. The van der Waals surface area contributed by atoms with Gasteiger partial charge in [0, 0.05) is 19.3 Å². The standard InChI is InChI=1S/C69H128O6/c1-4-7-10-13-16-19-21-23-24-25-26-27-28-29-30-31-32-33-34-35-36-37-38-39-40-41-42-43-44-46-47-50-53-56-59-62-68(71)74-65-66(64-73-67(70)61-58-55-52-49-18-15-12-9-6-3)75-69(72)63-60-57-54-51-48-45-22-20-17-14-11-8-5-2/h8,11,17,20,45,48,66H,4-7,9-10,12-16,18-19,21-44,46-47,49-65H2,1-3H3/b11-8-,20-17-,48-45-. The summed E-state index contributed by atoms with van der Waals surface area (Å²) in [6.45, 7) is 6.53. The van der Waals surface area contributed by atoms with E-state index in [9.17, 15) is 14.4 Å². The summed E-state index contributed by atoms with van der Waals surface area (Å²) >= 11 is 0. The molecule has 0 aromatic rings. The first-order chi connectivity index (χ1) is 37.0. The van der Waals surface area contributed by atoms with Gasteiger partial charge in [0.1, 0.15) is 13.2 Å². The largest absolute Gasteiger partial charge is 0.462 e. The third-order valence-electron chi connectivity index (χ3n) is 15.2. The molecule has 0 aliphatic rings. The molecular weight excluding hydrogens is 925 g/mol. The van der Waals surface area contributed by atoms with E-state index in [0.717, 1.165) is 83.5 Å². The van der Waals surface area contributed by atoms with Crippen molar-refractivity contribution < 1.29 is 28.6 Å². The molecule has 6 heteroatoms. The Balaban J connectivity index is 3.93. The highest BCUT2D eigenvalue weighted by molar-refractivity contribution is 5.71. The Morgan fingerprint density at radius 3 is 0.813 bits per heavy atom. The van der Waals surface area contributed by atoms with Gasteiger partial charge in [0.25, 0.3) is 0 Å². The molecule has 0 amide bonds. The molecule has 0 heterocycles. The molecule has 0 spiro atoms. The van der Waals surface area contributed by atoms with Crippen LogP contribution in [-0.2, 0) is 28.6 Å². The van der Waals surface area contributed by atoms with Crippen molar-refractivity contribution in [2.45, 2.75) is 374 Å². The lowest BCUT2D eigenvalue weighted by atomic mass is 10.0. The van der Waals surface area contributed by atoms with Crippen LogP contribution >= 0.6 is 0 Å². The minimum Gasteiger partial charge on any atom is -0.462 e. The van der Waals surface area contributed by atoms with Gasteiger partial charge in [0.15, 0.2) is 6.10 Å². The summed E-state index contributed by atoms with van der Waals surface area (Å²) in [6, 6.07) is 0. The van der Waals surface area contributed by atoms with Crippen molar-refractivity contribution in [1.82, 2.24) is 0 Å². The fourth-order valence-corrected chi connectivity index (χ4v) is 10.2. The molecule has 0 saturated heterocycles. The van der Waals surface area contributed by atoms with Crippen molar-refractivity contribution in [3.8, 4) is 0 Å². The number of unbranched alkanes of at least 4 members (excludes halogenated alkanes) is 45. The third-order valence-corrected chi connectivity index (χ3v) is 15.2. The molecule has 0 aromatic carbocycles. The van der Waals surface area contributed by atoms with Gasteiger partial charge in [0.2, 0.25) is 0 Å². The van der Waals surface area contributed by atoms with Gasteiger partial charge in [-0.2, -0.15) is 0 Å². The second kappa shape index (κ2) is 64.2. The van der Waals surface area contributed by atoms with Crippen LogP contribution in [0, 0.1) is 0 Å². The van der Waals surface area contributed by atoms with E-state index in [1.807, 2.05) is 0 Å². The molecule has 1 atom stereocenters. The lowest BCUT2D eigenvalue weighted by Crippen LogP contribution is -2.30. The molecule has 440 valence electrons. The van der Waals surface area contributed by atoms with Crippen molar-refractivity contribution >= 4 is 17.9 Å². The van der Waals surface area contributed by atoms with E-state index in [1.165, 1.54) is 244 Å². The number of hydrogen-bond donors (Lipinski definition) is 0. The van der Waals surface area contributed by atoms with E-state index in [4.69, 9.17) is 14.2 Å². The van der Waals surface area contributed by atoms with Crippen molar-refractivity contribution in [3.05, 3.63) is 36.5 Å². The number of carbonyl (C=O) groups excluding carboxylic acids is 3. The number of allylic oxidation sites excluding steroid dienone is 6. The van der Waals surface area contributed by atoms with E-state index in [-0.39, 0.29) is 31.1 Å². The number of rotatable bonds is 62. The number of hydrogen-bond acceptors (Lipinski definition) is 6. The van der Waals surface area contributed by atoms with Gasteiger partial charge in [-0.1, -0.05) is 333 Å². The molecule has 6 nitrogen and oxygen atoms in total. The molecule has 75 heavy (non-hydrogen) atoms. The van der Waals surface area contributed by atoms with Gasteiger partial charge in [-0.25, -0.2) is 0 Å². The zero-order valence-corrected chi connectivity index (χ0v) is 50.6. The average Bonchev–Trinajstić information content (AvgIpc) is 3.41. The highest BCUT2D eigenvalue weighted by Gasteiger charge is 2.19. The maximum absolute atomic E-state index is 12.8. The van der Waals surface area contributed by atoms with Crippen molar-refractivity contribution in [1.29, 1.82) is 0 Å². The minimum absolute atomic E-state index is 0.0797. The monoisotopic (exact) mass is 1050 g/mol. The van der Waals surface area contributed by atoms with Crippen LogP contribution in [0.3, 0.4) is 0 Å². The Kier molecular flexibility index (Phi) is 62.1.